The summed E-state index contributed by atoms with van der Waals surface area (Å²) >= 11 is 0. The number of carbonyl (C=O) groups excluding carboxylic acids is 1. The number of amides is 2. The van der Waals surface area contributed by atoms with Crippen molar-refractivity contribution in [3.63, 3.8) is 0 Å². The van der Waals surface area contributed by atoms with E-state index < -0.39 is 0 Å². The van der Waals surface area contributed by atoms with E-state index in [0.29, 0.717) is 24.1 Å². The first-order valence-electron chi connectivity index (χ1n) is 7.74. The number of hydrogen-bond donors (Lipinski definition) is 2. The van der Waals surface area contributed by atoms with Crippen LogP contribution in [0.15, 0.2) is 31.0 Å². The van der Waals surface area contributed by atoms with Gasteiger partial charge in [0.05, 0.1) is 11.9 Å². The van der Waals surface area contributed by atoms with Crippen molar-refractivity contribution in [1.82, 2.24) is 30.0 Å². The van der Waals surface area contributed by atoms with E-state index in [-0.39, 0.29) is 6.03 Å². The number of rotatable bonds is 7. The van der Waals surface area contributed by atoms with Crippen LogP contribution in [-0.2, 0) is 0 Å². The summed E-state index contributed by atoms with van der Waals surface area (Å²) in [5.41, 5.74) is 0.627. The molecular formula is C15H23N7O. The highest BCUT2D eigenvalue weighted by molar-refractivity contribution is 5.89. The maximum absolute atomic E-state index is 11.9. The lowest BCUT2D eigenvalue weighted by molar-refractivity contribution is 0.220. The van der Waals surface area contributed by atoms with Gasteiger partial charge in [-0.2, -0.15) is 5.10 Å². The molecule has 2 heterocycles. The molecule has 0 aliphatic heterocycles. The molecule has 1 atom stereocenters. The van der Waals surface area contributed by atoms with E-state index in [1.54, 1.807) is 29.3 Å². The van der Waals surface area contributed by atoms with Gasteiger partial charge >= 0.3 is 6.03 Å². The Kier molecular flexibility index (Phi) is 6.04. The fraction of sp³-hybridized carbons (Fsp3) is 0.467. The molecule has 23 heavy (non-hydrogen) atoms. The lowest BCUT2D eigenvalue weighted by Gasteiger charge is -2.26. The number of anilines is 1. The first kappa shape index (κ1) is 16.9. The summed E-state index contributed by atoms with van der Waals surface area (Å²) in [6.45, 7) is 8.85. The molecule has 124 valence electrons. The standard InChI is InChI=1S/C15H23N7O/c1-4-21(5-2)12(3)8-18-15(23)20-13-6-7-14(17-9-13)22-11-16-10-19-22/h6-7,9-12H,4-5,8H2,1-3H3,(H2,18,20,23)/t12-/m0/s1. The average Bonchev–Trinajstić information content (AvgIpc) is 3.09. The quantitative estimate of drug-likeness (QED) is 0.808. The van der Waals surface area contributed by atoms with Crippen LogP contribution in [0.4, 0.5) is 10.5 Å². The first-order chi connectivity index (χ1) is 11.1. The highest BCUT2D eigenvalue weighted by atomic mass is 16.2. The molecule has 0 fully saturated rings. The zero-order valence-corrected chi connectivity index (χ0v) is 13.7. The molecule has 2 aromatic rings. The molecule has 2 amide bonds. The average molecular weight is 317 g/mol. The maximum atomic E-state index is 11.9. The number of aromatic nitrogens is 4. The van der Waals surface area contributed by atoms with Gasteiger partial charge in [-0.05, 0) is 32.1 Å². The minimum absolute atomic E-state index is 0.237. The second-order valence-electron chi connectivity index (χ2n) is 5.15. The fourth-order valence-electron chi connectivity index (χ4n) is 2.31. The second-order valence-corrected chi connectivity index (χ2v) is 5.15. The van der Waals surface area contributed by atoms with Gasteiger partial charge in [-0.25, -0.2) is 19.4 Å². The molecule has 0 saturated heterocycles. The number of carbonyl (C=O) groups is 1. The van der Waals surface area contributed by atoms with E-state index in [1.165, 1.54) is 6.33 Å². The number of likely N-dealkylation sites (N-methyl/N-ethyl adjacent to an activating group) is 1. The topological polar surface area (TPSA) is 88.0 Å². The van der Waals surface area contributed by atoms with Crippen LogP contribution in [0.3, 0.4) is 0 Å². The Bertz CT molecular complexity index is 593. The van der Waals surface area contributed by atoms with Crippen LogP contribution < -0.4 is 10.6 Å². The van der Waals surface area contributed by atoms with Crippen molar-refractivity contribution in [2.75, 3.05) is 25.0 Å². The van der Waals surface area contributed by atoms with Gasteiger partial charge in [-0.1, -0.05) is 13.8 Å². The third-order valence-corrected chi connectivity index (χ3v) is 3.65. The van der Waals surface area contributed by atoms with Crippen LogP contribution in [0, 0.1) is 0 Å². The predicted molar refractivity (Wildman–Crippen MR) is 88.6 cm³/mol. The number of nitrogens with one attached hydrogen (secondary N) is 2. The summed E-state index contributed by atoms with van der Waals surface area (Å²) < 4.78 is 1.55. The minimum Gasteiger partial charge on any atom is -0.336 e. The number of urea groups is 1. The molecule has 8 heteroatoms. The van der Waals surface area contributed by atoms with Crippen LogP contribution in [0.2, 0.25) is 0 Å². The van der Waals surface area contributed by atoms with Crippen LogP contribution in [0.5, 0.6) is 0 Å². The number of nitrogens with zero attached hydrogens (tertiary/aromatic N) is 5. The van der Waals surface area contributed by atoms with Crippen LogP contribution in [0.1, 0.15) is 20.8 Å². The van der Waals surface area contributed by atoms with Crippen LogP contribution in [0.25, 0.3) is 5.82 Å². The van der Waals surface area contributed by atoms with Crippen molar-refractivity contribution in [2.24, 2.45) is 0 Å². The molecule has 0 aliphatic rings. The van der Waals surface area contributed by atoms with Crippen molar-refractivity contribution in [3.8, 4) is 5.82 Å². The van der Waals surface area contributed by atoms with E-state index in [2.05, 4.69) is 51.4 Å². The molecule has 8 nitrogen and oxygen atoms in total. The molecule has 0 spiro atoms. The molecule has 0 bridgehead atoms. The lowest BCUT2D eigenvalue weighted by Crippen LogP contribution is -2.43. The van der Waals surface area contributed by atoms with Gasteiger partial charge in [0.1, 0.15) is 12.7 Å². The molecule has 0 radical (unpaired) electrons. The molecule has 0 aliphatic carbocycles. The van der Waals surface area contributed by atoms with E-state index >= 15 is 0 Å². The van der Waals surface area contributed by atoms with Gasteiger partial charge in [-0.15, -0.1) is 0 Å². The SMILES string of the molecule is CCN(CC)[C@@H](C)CNC(=O)Nc1ccc(-n2cncn2)nc1. The highest BCUT2D eigenvalue weighted by Crippen LogP contribution is 2.08. The molecule has 2 N–H and O–H groups in total. The third kappa shape index (κ3) is 4.75. The Hall–Kier alpha value is -2.48. The van der Waals surface area contributed by atoms with Crippen molar-refractivity contribution in [3.05, 3.63) is 31.0 Å². The molecule has 0 aromatic carbocycles. The summed E-state index contributed by atoms with van der Waals surface area (Å²) in [5, 5.41) is 9.64. The number of pyridine rings is 1. The largest absolute Gasteiger partial charge is 0.336 e. The molecule has 0 saturated carbocycles. The monoisotopic (exact) mass is 317 g/mol. The first-order valence-corrected chi connectivity index (χ1v) is 7.74. The Morgan fingerprint density at radius 3 is 2.70 bits per heavy atom. The lowest BCUT2D eigenvalue weighted by atomic mass is 10.3. The Morgan fingerprint density at radius 1 is 1.35 bits per heavy atom. The summed E-state index contributed by atoms with van der Waals surface area (Å²) in [6, 6.07) is 3.60. The smallest absolute Gasteiger partial charge is 0.319 e. The minimum atomic E-state index is -0.237. The number of hydrogen-bond acceptors (Lipinski definition) is 5. The normalized spacial score (nSPS) is 12.2. The van der Waals surface area contributed by atoms with Gasteiger partial charge in [0.15, 0.2) is 5.82 Å². The Labute approximate surface area is 135 Å². The fourth-order valence-corrected chi connectivity index (χ4v) is 2.31. The summed E-state index contributed by atoms with van der Waals surface area (Å²) in [6.07, 6.45) is 4.60. The van der Waals surface area contributed by atoms with Gasteiger partial charge < -0.3 is 10.6 Å². The zero-order chi connectivity index (χ0) is 16.7. The van der Waals surface area contributed by atoms with Crippen molar-refractivity contribution in [1.29, 1.82) is 0 Å². The summed E-state index contributed by atoms with van der Waals surface area (Å²) in [5.74, 6) is 0.642. The van der Waals surface area contributed by atoms with E-state index in [9.17, 15) is 4.79 Å². The predicted octanol–water partition coefficient (Wildman–Crippen LogP) is 1.51. The van der Waals surface area contributed by atoms with E-state index in [4.69, 9.17) is 0 Å². The Morgan fingerprint density at radius 2 is 2.13 bits per heavy atom. The highest BCUT2D eigenvalue weighted by Gasteiger charge is 2.11. The van der Waals surface area contributed by atoms with Crippen LogP contribution in [-0.4, -0.2) is 56.4 Å². The van der Waals surface area contributed by atoms with Gasteiger partial charge in [0.2, 0.25) is 0 Å². The summed E-state index contributed by atoms with van der Waals surface area (Å²) in [4.78, 5) is 22.3. The van der Waals surface area contributed by atoms with Gasteiger partial charge in [-0.3, -0.25) is 4.90 Å². The summed E-state index contributed by atoms with van der Waals surface area (Å²) in [7, 11) is 0. The Balaban J connectivity index is 1.83. The van der Waals surface area contributed by atoms with Gasteiger partial charge in [0.25, 0.3) is 0 Å². The zero-order valence-electron chi connectivity index (χ0n) is 13.7. The maximum Gasteiger partial charge on any atom is 0.319 e. The van der Waals surface area contributed by atoms with Crippen molar-refractivity contribution >= 4 is 11.7 Å². The van der Waals surface area contributed by atoms with Crippen molar-refractivity contribution < 1.29 is 4.79 Å². The molecular weight excluding hydrogens is 294 g/mol. The molecule has 2 rings (SSSR count). The third-order valence-electron chi connectivity index (χ3n) is 3.65. The second kappa shape index (κ2) is 8.23. The molecule has 0 unspecified atom stereocenters. The molecule has 2 aromatic heterocycles. The van der Waals surface area contributed by atoms with E-state index in [0.717, 1.165) is 13.1 Å². The van der Waals surface area contributed by atoms with Crippen molar-refractivity contribution in [2.45, 2.75) is 26.8 Å². The van der Waals surface area contributed by atoms with E-state index in [1.807, 2.05) is 0 Å². The van der Waals surface area contributed by atoms with Gasteiger partial charge in [0, 0.05) is 12.6 Å². The van der Waals surface area contributed by atoms with Crippen LogP contribution >= 0.6 is 0 Å².